The van der Waals surface area contributed by atoms with Crippen LogP contribution >= 0.6 is 0 Å². The summed E-state index contributed by atoms with van der Waals surface area (Å²) in [4.78, 5) is 25.5. The minimum atomic E-state index is -0.481. The molecule has 5 heteroatoms. The van der Waals surface area contributed by atoms with Gasteiger partial charge >= 0.3 is 0 Å². The molecule has 0 bridgehead atoms. The number of anilines is 1. The molecule has 1 aliphatic rings. The van der Waals surface area contributed by atoms with Crippen LogP contribution < -0.4 is 16.0 Å². The van der Waals surface area contributed by atoms with E-state index in [0.717, 1.165) is 30.6 Å². The summed E-state index contributed by atoms with van der Waals surface area (Å²) < 4.78 is 0. The van der Waals surface area contributed by atoms with Crippen molar-refractivity contribution in [2.75, 3.05) is 11.4 Å². The van der Waals surface area contributed by atoms with Crippen LogP contribution in [-0.4, -0.2) is 24.4 Å². The molecule has 2 amide bonds. The highest BCUT2D eigenvalue weighted by Crippen LogP contribution is 2.21. The molecule has 1 saturated heterocycles. The van der Waals surface area contributed by atoms with Crippen LogP contribution in [0.15, 0.2) is 24.3 Å². The van der Waals surface area contributed by atoms with Crippen LogP contribution in [0.3, 0.4) is 0 Å². The molecule has 0 aromatic heterocycles. The van der Waals surface area contributed by atoms with E-state index in [1.165, 1.54) is 0 Å². The Balaban J connectivity index is 1.92. The Morgan fingerprint density at radius 3 is 2.55 bits per heavy atom. The number of piperidine rings is 1. The van der Waals surface area contributed by atoms with Crippen LogP contribution in [0.5, 0.6) is 0 Å². The fraction of sp³-hybridized carbons (Fsp3) is 0.529. The van der Waals surface area contributed by atoms with Gasteiger partial charge in [-0.3, -0.25) is 9.59 Å². The van der Waals surface area contributed by atoms with Crippen molar-refractivity contribution >= 4 is 17.5 Å². The van der Waals surface area contributed by atoms with Crippen LogP contribution in [0, 0.1) is 5.92 Å². The maximum atomic E-state index is 11.9. The Bertz CT molecular complexity index is 525. The number of amides is 2. The Hall–Kier alpha value is -1.88. The summed E-state index contributed by atoms with van der Waals surface area (Å²) in [6.45, 7) is 5.09. The second-order valence-electron chi connectivity index (χ2n) is 6.16. The van der Waals surface area contributed by atoms with E-state index in [0.29, 0.717) is 13.0 Å². The minimum Gasteiger partial charge on any atom is -0.351 e. The molecule has 0 aliphatic carbocycles. The molecule has 22 heavy (non-hydrogen) atoms. The lowest BCUT2D eigenvalue weighted by Gasteiger charge is -2.26. The molecular formula is C17H25N3O2. The Labute approximate surface area is 131 Å². The third-order valence-corrected chi connectivity index (χ3v) is 4.06. The van der Waals surface area contributed by atoms with E-state index in [4.69, 9.17) is 5.73 Å². The average molecular weight is 303 g/mol. The molecule has 5 nitrogen and oxygen atoms in total. The number of benzene rings is 1. The highest BCUT2D eigenvalue weighted by atomic mass is 16.2. The van der Waals surface area contributed by atoms with Crippen molar-refractivity contribution in [2.24, 2.45) is 11.7 Å². The summed E-state index contributed by atoms with van der Waals surface area (Å²) in [5, 5.41) is 2.84. The minimum absolute atomic E-state index is 0.118. The van der Waals surface area contributed by atoms with Gasteiger partial charge in [0.05, 0.1) is 6.04 Å². The van der Waals surface area contributed by atoms with E-state index in [1.54, 1.807) is 0 Å². The van der Waals surface area contributed by atoms with E-state index in [1.807, 2.05) is 43.0 Å². The van der Waals surface area contributed by atoms with Crippen molar-refractivity contribution in [3.05, 3.63) is 29.8 Å². The number of hydrogen-bond donors (Lipinski definition) is 2. The Morgan fingerprint density at radius 2 is 1.95 bits per heavy atom. The van der Waals surface area contributed by atoms with Gasteiger partial charge in [0, 0.05) is 25.2 Å². The summed E-state index contributed by atoms with van der Waals surface area (Å²) in [7, 11) is 0. The highest BCUT2D eigenvalue weighted by molar-refractivity contribution is 5.93. The van der Waals surface area contributed by atoms with Gasteiger partial charge in [0.25, 0.3) is 0 Å². The molecule has 1 aromatic carbocycles. The highest BCUT2D eigenvalue weighted by Gasteiger charge is 2.19. The Kier molecular flexibility index (Phi) is 5.55. The van der Waals surface area contributed by atoms with Gasteiger partial charge in [-0.05, 0) is 36.5 Å². The largest absolute Gasteiger partial charge is 0.351 e. The second-order valence-corrected chi connectivity index (χ2v) is 6.16. The van der Waals surface area contributed by atoms with Crippen LogP contribution in [-0.2, 0) is 16.1 Å². The Morgan fingerprint density at radius 1 is 1.27 bits per heavy atom. The third-order valence-electron chi connectivity index (χ3n) is 4.06. The van der Waals surface area contributed by atoms with Crippen molar-refractivity contribution in [1.29, 1.82) is 0 Å². The van der Waals surface area contributed by atoms with E-state index < -0.39 is 6.04 Å². The van der Waals surface area contributed by atoms with Gasteiger partial charge in [0.2, 0.25) is 11.8 Å². The maximum Gasteiger partial charge on any atom is 0.237 e. The molecule has 2 rings (SSSR count). The number of carbonyl (C=O) groups is 2. The standard InChI is InChI=1S/C17H25N3O2/c1-12(2)16(18)17(22)19-11-13-6-8-14(9-7-13)20-10-4-3-5-15(20)21/h6-9,12,16H,3-5,10-11,18H2,1-2H3,(H,19,22)/t16-/m0/s1. The zero-order valence-corrected chi connectivity index (χ0v) is 13.3. The summed E-state index contributed by atoms with van der Waals surface area (Å²) in [5.41, 5.74) is 7.73. The van der Waals surface area contributed by atoms with Crippen molar-refractivity contribution in [3.8, 4) is 0 Å². The van der Waals surface area contributed by atoms with Gasteiger partial charge in [0.15, 0.2) is 0 Å². The molecule has 1 fully saturated rings. The SMILES string of the molecule is CC(C)[C@H](N)C(=O)NCc1ccc(N2CCCCC2=O)cc1. The normalized spacial score (nSPS) is 16.7. The monoisotopic (exact) mass is 303 g/mol. The lowest BCUT2D eigenvalue weighted by molar-refractivity contribution is -0.123. The quantitative estimate of drug-likeness (QED) is 0.871. The van der Waals surface area contributed by atoms with Crippen LogP contribution in [0.1, 0.15) is 38.7 Å². The van der Waals surface area contributed by atoms with Gasteiger partial charge in [-0.15, -0.1) is 0 Å². The van der Waals surface area contributed by atoms with Crippen LogP contribution in [0.4, 0.5) is 5.69 Å². The topological polar surface area (TPSA) is 75.4 Å². The lowest BCUT2D eigenvalue weighted by atomic mass is 10.0. The number of nitrogens with one attached hydrogen (secondary N) is 1. The predicted molar refractivity (Wildman–Crippen MR) is 87.3 cm³/mol. The third kappa shape index (κ3) is 4.07. The molecule has 1 aliphatic heterocycles. The number of nitrogens with zero attached hydrogens (tertiary/aromatic N) is 1. The van der Waals surface area contributed by atoms with Gasteiger partial charge in [-0.25, -0.2) is 0 Å². The van der Waals surface area contributed by atoms with Gasteiger partial charge in [0.1, 0.15) is 0 Å². The molecule has 1 aromatic rings. The fourth-order valence-corrected chi connectivity index (χ4v) is 2.48. The number of rotatable bonds is 5. The van der Waals surface area contributed by atoms with E-state index >= 15 is 0 Å². The first-order valence-electron chi connectivity index (χ1n) is 7.91. The van der Waals surface area contributed by atoms with Gasteiger partial charge in [-0.1, -0.05) is 26.0 Å². The molecular weight excluding hydrogens is 278 g/mol. The molecule has 1 heterocycles. The van der Waals surface area contributed by atoms with Crippen molar-refractivity contribution in [3.63, 3.8) is 0 Å². The van der Waals surface area contributed by atoms with Crippen molar-refractivity contribution in [1.82, 2.24) is 5.32 Å². The first-order valence-corrected chi connectivity index (χ1v) is 7.91. The molecule has 3 N–H and O–H groups in total. The average Bonchev–Trinajstić information content (AvgIpc) is 2.53. The first kappa shape index (κ1) is 16.5. The van der Waals surface area contributed by atoms with Gasteiger partial charge < -0.3 is 16.0 Å². The van der Waals surface area contributed by atoms with E-state index in [2.05, 4.69) is 5.32 Å². The molecule has 0 spiro atoms. The van der Waals surface area contributed by atoms with Crippen LogP contribution in [0.25, 0.3) is 0 Å². The number of carbonyl (C=O) groups excluding carboxylic acids is 2. The lowest BCUT2D eigenvalue weighted by Crippen LogP contribution is -2.43. The zero-order chi connectivity index (χ0) is 16.1. The fourth-order valence-electron chi connectivity index (χ4n) is 2.48. The molecule has 120 valence electrons. The van der Waals surface area contributed by atoms with Crippen LogP contribution in [0.2, 0.25) is 0 Å². The number of hydrogen-bond acceptors (Lipinski definition) is 3. The van der Waals surface area contributed by atoms with Crippen molar-refractivity contribution in [2.45, 2.75) is 45.7 Å². The molecule has 1 atom stereocenters. The summed E-state index contributed by atoms with van der Waals surface area (Å²) in [6.07, 6.45) is 2.66. The van der Waals surface area contributed by atoms with E-state index in [9.17, 15) is 9.59 Å². The predicted octanol–water partition coefficient (Wildman–Crippen LogP) is 1.80. The molecule has 0 unspecified atom stereocenters. The zero-order valence-electron chi connectivity index (χ0n) is 13.3. The molecule has 0 saturated carbocycles. The van der Waals surface area contributed by atoms with E-state index in [-0.39, 0.29) is 17.7 Å². The van der Waals surface area contributed by atoms with Crippen molar-refractivity contribution < 1.29 is 9.59 Å². The second kappa shape index (κ2) is 7.40. The van der Waals surface area contributed by atoms with Gasteiger partial charge in [-0.2, -0.15) is 0 Å². The number of nitrogens with two attached hydrogens (primary N) is 1. The summed E-state index contributed by atoms with van der Waals surface area (Å²) in [6, 6.07) is 7.28. The summed E-state index contributed by atoms with van der Waals surface area (Å²) in [5.74, 6) is 0.174. The molecule has 0 radical (unpaired) electrons. The first-order chi connectivity index (χ1) is 10.5. The smallest absolute Gasteiger partial charge is 0.237 e. The summed E-state index contributed by atoms with van der Waals surface area (Å²) >= 11 is 0. The maximum absolute atomic E-state index is 11.9.